The summed E-state index contributed by atoms with van der Waals surface area (Å²) in [5.74, 6) is 0.0315. The van der Waals surface area contributed by atoms with Gasteiger partial charge in [0.25, 0.3) is 0 Å². The van der Waals surface area contributed by atoms with Gasteiger partial charge in [0.2, 0.25) is 5.91 Å². The van der Waals surface area contributed by atoms with Gasteiger partial charge in [0.1, 0.15) is 23.8 Å². The molecule has 7 heteroatoms. The van der Waals surface area contributed by atoms with Crippen molar-refractivity contribution in [2.45, 2.75) is 44.2 Å². The van der Waals surface area contributed by atoms with Crippen LogP contribution >= 0.6 is 11.6 Å². The molecule has 3 rings (SSSR count). The molecule has 2 aromatic carbocycles. The highest BCUT2D eigenvalue weighted by Gasteiger charge is 2.46. The van der Waals surface area contributed by atoms with Gasteiger partial charge in [0, 0.05) is 19.9 Å². The molecule has 28 heavy (non-hydrogen) atoms. The minimum absolute atomic E-state index is 0.171. The van der Waals surface area contributed by atoms with Crippen molar-refractivity contribution in [1.82, 2.24) is 10.2 Å². The molecule has 0 saturated heterocycles. The summed E-state index contributed by atoms with van der Waals surface area (Å²) in [6.45, 7) is 1.95. The molecule has 0 heterocycles. The lowest BCUT2D eigenvalue weighted by Gasteiger charge is -2.32. The lowest BCUT2D eigenvalue weighted by molar-refractivity contribution is -0.120. The van der Waals surface area contributed by atoms with Crippen LogP contribution in [-0.2, 0) is 11.3 Å². The quantitative estimate of drug-likeness (QED) is 0.774. The minimum Gasteiger partial charge on any atom is -0.486 e. The molecular weight excluding hydrogens is 383 g/mol. The Morgan fingerprint density at radius 1 is 1.29 bits per heavy atom. The van der Waals surface area contributed by atoms with Crippen LogP contribution in [0.25, 0.3) is 0 Å². The smallest absolute Gasteiger partial charge is 0.217 e. The summed E-state index contributed by atoms with van der Waals surface area (Å²) in [6.07, 6.45) is -0.902. The average Bonchev–Trinajstić information content (AvgIpc) is 2.93. The maximum Gasteiger partial charge on any atom is 0.217 e. The monoisotopic (exact) mass is 406 g/mol. The summed E-state index contributed by atoms with van der Waals surface area (Å²) in [4.78, 5) is 13.6. The predicted molar refractivity (Wildman–Crippen MR) is 106 cm³/mol. The van der Waals surface area contributed by atoms with Gasteiger partial charge in [0.15, 0.2) is 0 Å². The molecule has 0 spiro atoms. The van der Waals surface area contributed by atoms with E-state index in [1.54, 1.807) is 30.3 Å². The maximum absolute atomic E-state index is 13.2. The Bertz CT molecular complexity index is 818. The van der Waals surface area contributed by atoms with Crippen molar-refractivity contribution < 1.29 is 19.0 Å². The fourth-order valence-corrected chi connectivity index (χ4v) is 3.95. The van der Waals surface area contributed by atoms with Crippen molar-refractivity contribution >= 4 is 17.5 Å². The molecule has 1 fully saturated rings. The molecule has 4 atom stereocenters. The van der Waals surface area contributed by atoms with Crippen LogP contribution in [0.5, 0.6) is 5.75 Å². The first kappa shape index (κ1) is 20.6. The van der Waals surface area contributed by atoms with Crippen LogP contribution in [0.2, 0.25) is 5.02 Å². The Morgan fingerprint density at radius 3 is 2.61 bits per heavy atom. The van der Waals surface area contributed by atoms with Gasteiger partial charge in [-0.1, -0.05) is 35.9 Å². The Morgan fingerprint density at radius 2 is 1.96 bits per heavy atom. The summed E-state index contributed by atoms with van der Waals surface area (Å²) >= 11 is 6.17. The average molecular weight is 407 g/mol. The van der Waals surface area contributed by atoms with Crippen LogP contribution < -0.4 is 10.1 Å². The number of aliphatic hydroxyl groups excluding tert-OH is 1. The third-order valence-corrected chi connectivity index (χ3v) is 5.30. The zero-order chi connectivity index (χ0) is 20.3. The number of benzene rings is 2. The van der Waals surface area contributed by atoms with Crippen LogP contribution in [0.3, 0.4) is 0 Å². The zero-order valence-corrected chi connectivity index (χ0v) is 16.6. The number of likely N-dealkylation sites (N-methyl/N-ethyl adjacent to an activating group) is 1. The van der Waals surface area contributed by atoms with Crippen molar-refractivity contribution in [2.24, 2.45) is 0 Å². The number of para-hydroxylation sites is 1. The fraction of sp³-hybridized carbons (Fsp3) is 0.381. The molecular formula is C21H24ClFN2O3. The number of nitrogens with one attached hydrogen (secondary N) is 1. The predicted octanol–water partition coefficient (Wildman–Crippen LogP) is 3.00. The summed E-state index contributed by atoms with van der Waals surface area (Å²) in [6, 6.07) is 12.7. The Kier molecular flexibility index (Phi) is 6.54. The van der Waals surface area contributed by atoms with E-state index in [2.05, 4.69) is 5.32 Å². The molecule has 2 aromatic rings. The van der Waals surface area contributed by atoms with Crippen molar-refractivity contribution in [1.29, 1.82) is 0 Å². The molecule has 0 aliphatic heterocycles. The third kappa shape index (κ3) is 4.82. The number of amides is 1. The number of ether oxygens (including phenoxy) is 1. The fourth-order valence-electron chi connectivity index (χ4n) is 3.76. The Balaban J connectivity index is 1.77. The second-order valence-electron chi connectivity index (χ2n) is 7.15. The van der Waals surface area contributed by atoms with Crippen LogP contribution in [-0.4, -0.2) is 47.3 Å². The SMILES string of the molecule is CC(=O)N[C@@H]1C[C@@H](Oc2ccccc2Cl)[C@H](O)[C@H]1N(C)Cc1ccc(F)cc1. The molecule has 1 amide bonds. The number of hydrogen-bond acceptors (Lipinski definition) is 4. The van der Waals surface area contributed by atoms with Crippen molar-refractivity contribution in [3.63, 3.8) is 0 Å². The van der Waals surface area contributed by atoms with Crippen LogP contribution in [0, 0.1) is 5.82 Å². The third-order valence-electron chi connectivity index (χ3n) is 4.99. The molecule has 0 unspecified atom stereocenters. The van der Waals surface area contributed by atoms with Gasteiger partial charge >= 0.3 is 0 Å². The highest BCUT2D eigenvalue weighted by molar-refractivity contribution is 6.32. The molecule has 1 aliphatic rings. The van der Waals surface area contributed by atoms with Gasteiger partial charge in [-0.25, -0.2) is 4.39 Å². The minimum atomic E-state index is -0.835. The molecule has 1 saturated carbocycles. The number of nitrogens with zero attached hydrogens (tertiary/aromatic N) is 1. The zero-order valence-electron chi connectivity index (χ0n) is 15.8. The first-order chi connectivity index (χ1) is 13.3. The highest BCUT2D eigenvalue weighted by Crippen LogP contribution is 2.32. The summed E-state index contributed by atoms with van der Waals surface area (Å²) < 4.78 is 19.1. The van der Waals surface area contributed by atoms with E-state index in [0.29, 0.717) is 23.7 Å². The van der Waals surface area contributed by atoms with Crippen molar-refractivity contribution in [3.8, 4) is 5.75 Å². The van der Waals surface area contributed by atoms with E-state index >= 15 is 0 Å². The van der Waals surface area contributed by atoms with Crippen molar-refractivity contribution in [3.05, 3.63) is 64.9 Å². The van der Waals surface area contributed by atoms with E-state index in [1.165, 1.54) is 19.1 Å². The number of aliphatic hydroxyl groups is 1. The maximum atomic E-state index is 13.2. The van der Waals surface area contributed by atoms with E-state index < -0.39 is 12.2 Å². The van der Waals surface area contributed by atoms with E-state index in [-0.39, 0.29) is 23.8 Å². The molecule has 0 radical (unpaired) electrons. The van der Waals surface area contributed by atoms with Crippen LogP contribution in [0.1, 0.15) is 18.9 Å². The number of rotatable bonds is 6. The summed E-state index contributed by atoms with van der Waals surface area (Å²) in [5.41, 5.74) is 0.910. The topological polar surface area (TPSA) is 61.8 Å². The van der Waals surface area contributed by atoms with Gasteiger partial charge in [-0.3, -0.25) is 9.69 Å². The number of carbonyl (C=O) groups is 1. The number of hydrogen-bond donors (Lipinski definition) is 2. The molecule has 5 nitrogen and oxygen atoms in total. The Hall–Kier alpha value is -2.15. The molecule has 0 bridgehead atoms. The van der Waals surface area contributed by atoms with Gasteiger partial charge < -0.3 is 15.2 Å². The normalized spacial score (nSPS) is 24.4. The largest absolute Gasteiger partial charge is 0.486 e. The first-order valence-electron chi connectivity index (χ1n) is 9.16. The number of carbonyl (C=O) groups excluding carboxylic acids is 1. The van der Waals surface area contributed by atoms with Crippen molar-refractivity contribution in [2.75, 3.05) is 7.05 Å². The lowest BCUT2D eigenvalue weighted by atomic mass is 10.1. The van der Waals surface area contributed by atoms with Crippen LogP contribution in [0.15, 0.2) is 48.5 Å². The van der Waals surface area contributed by atoms with Crippen LogP contribution in [0.4, 0.5) is 4.39 Å². The van der Waals surface area contributed by atoms with E-state index in [9.17, 15) is 14.3 Å². The second kappa shape index (κ2) is 8.90. The molecule has 1 aliphatic carbocycles. The summed E-state index contributed by atoms with van der Waals surface area (Å²) in [7, 11) is 1.87. The van der Waals surface area contributed by atoms with Gasteiger partial charge in [0.05, 0.1) is 17.1 Å². The first-order valence-corrected chi connectivity index (χ1v) is 9.54. The van der Waals surface area contributed by atoms with E-state index in [0.717, 1.165) is 5.56 Å². The number of halogens is 2. The standard InChI is InChI=1S/C21H24ClFN2O3/c1-13(26)24-17-11-19(28-18-6-4-3-5-16(18)22)21(27)20(17)25(2)12-14-7-9-15(23)10-8-14/h3-10,17,19-21,27H,11-12H2,1-2H3,(H,24,26)/t17-,19-,20+,21+/m1/s1. The molecule has 150 valence electrons. The Labute approximate surface area is 169 Å². The molecule has 2 N–H and O–H groups in total. The van der Waals surface area contributed by atoms with Gasteiger partial charge in [-0.2, -0.15) is 0 Å². The second-order valence-corrected chi connectivity index (χ2v) is 7.56. The van der Waals surface area contributed by atoms with E-state index in [4.69, 9.17) is 16.3 Å². The lowest BCUT2D eigenvalue weighted by Crippen LogP contribution is -2.51. The van der Waals surface area contributed by atoms with Gasteiger partial charge in [-0.15, -0.1) is 0 Å². The van der Waals surface area contributed by atoms with Gasteiger partial charge in [-0.05, 0) is 36.9 Å². The summed E-state index contributed by atoms with van der Waals surface area (Å²) in [5, 5.41) is 14.3. The highest BCUT2D eigenvalue weighted by atomic mass is 35.5. The molecule has 0 aromatic heterocycles. The van der Waals surface area contributed by atoms with E-state index in [1.807, 2.05) is 18.0 Å².